The van der Waals surface area contributed by atoms with Crippen molar-refractivity contribution in [1.29, 1.82) is 0 Å². The van der Waals surface area contributed by atoms with E-state index in [1.165, 1.54) is 11.0 Å². The summed E-state index contributed by atoms with van der Waals surface area (Å²) in [6.45, 7) is 4.73. The van der Waals surface area contributed by atoms with Gasteiger partial charge in [0.1, 0.15) is 24.7 Å². The number of ether oxygens (including phenoxy) is 1. The molecule has 0 aliphatic carbocycles. The van der Waals surface area contributed by atoms with Crippen LogP contribution >= 0.6 is 11.6 Å². The molecule has 0 radical (unpaired) electrons. The number of piperazine rings is 1. The Kier molecular flexibility index (Phi) is 7.47. The first kappa shape index (κ1) is 21.6. The van der Waals surface area contributed by atoms with E-state index in [9.17, 15) is 9.18 Å². The minimum atomic E-state index is -0.258. The van der Waals surface area contributed by atoms with E-state index < -0.39 is 0 Å². The molecule has 0 bridgehead atoms. The lowest BCUT2D eigenvalue weighted by molar-refractivity contribution is -0.918. The molecule has 1 aliphatic heterocycles. The number of amides is 1. The summed E-state index contributed by atoms with van der Waals surface area (Å²) >= 11 is 6.14. The normalized spacial score (nSPS) is 15.9. The van der Waals surface area contributed by atoms with E-state index in [4.69, 9.17) is 16.3 Å². The summed E-state index contributed by atoms with van der Waals surface area (Å²) < 4.78 is 19.3. The predicted molar refractivity (Wildman–Crippen MR) is 111 cm³/mol. The highest BCUT2D eigenvalue weighted by Gasteiger charge is 2.26. The lowest BCUT2D eigenvalue weighted by atomic mass is 10.1. The second-order valence-corrected chi connectivity index (χ2v) is 8.08. The molecule has 0 saturated carbocycles. The van der Waals surface area contributed by atoms with Crippen LogP contribution in [0, 0.1) is 5.82 Å². The average molecular weight is 422 g/mol. The lowest BCUT2D eigenvalue weighted by Gasteiger charge is -2.32. The monoisotopic (exact) mass is 421 g/mol. The molecule has 156 valence electrons. The highest BCUT2D eigenvalue weighted by molar-refractivity contribution is 6.31. The van der Waals surface area contributed by atoms with E-state index in [1.54, 1.807) is 19.2 Å². The summed E-state index contributed by atoms with van der Waals surface area (Å²) in [5, 5.41) is 0.471. The molecule has 2 aromatic carbocycles. The molecular weight excluding hydrogens is 393 g/mol. The van der Waals surface area contributed by atoms with Gasteiger partial charge in [0.05, 0.1) is 50.9 Å². The summed E-state index contributed by atoms with van der Waals surface area (Å²) in [7, 11) is 3.68. The topological polar surface area (TPSA) is 38.4 Å². The molecule has 1 heterocycles. The fraction of sp³-hybridized carbons (Fsp3) is 0.409. The van der Waals surface area contributed by atoms with E-state index in [2.05, 4.69) is 0 Å². The van der Waals surface area contributed by atoms with Gasteiger partial charge in [-0.05, 0) is 24.3 Å². The fourth-order valence-corrected chi connectivity index (χ4v) is 3.99. The molecule has 3 rings (SSSR count). The smallest absolute Gasteiger partial charge is 0.278 e. The zero-order chi connectivity index (χ0) is 20.8. The van der Waals surface area contributed by atoms with Crippen molar-refractivity contribution in [3.8, 4) is 5.75 Å². The van der Waals surface area contributed by atoms with Crippen molar-refractivity contribution in [1.82, 2.24) is 4.90 Å². The minimum Gasteiger partial charge on any atom is -0.497 e. The molecule has 2 N–H and O–H groups in total. The SMILES string of the molecule is COc1cccc(C[NH+](C)CC(=O)N2CC[NH+](Cc3c(F)cccc3Cl)CC2)c1. The van der Waals surface area contributed by atoms with Gasteiger partial charge in [-0.2, -0.15) is 0 Å². The van der Waals surface area contributed by atoms with Gasteiger partial charge in [-0.15, -0.1) is 0 Å². The van der Waals surface area contributed by atoms with Crippen LogP contribution in [0.3, 0.4) is 0 Å². The zero-order valence-electron chi connectivity index (χ0n) is 17.0. The molecule has 1 amide bonds. The van der Waals surface area contributed by atoms with Crippen LogP contribution in [0.5, 0.6) is 5.75 Å². The first-order valence-electron chi connectivity index (χ1n) is 9.94. The third-order valence-corrected chi connectivity index (χ3v) is 5.76. The molecule has 1 aliphatic rings. The second-order valence-electron chi connectivity index (χ2n) is 7.67. The average Bonchev–Trinajstić information content (AvgIpc) is 2.71. The van der Waals surface area contributed by atoms with Crippen LogP contribution < -0.4 is 14.5 Å². The van der Waals surface area contributed by atoms with Crippen LogP contribution in [0.1, 0.15) is 11.1 Å². The molecule has 5 nitrogen and oxygen atoms in total. The number of hydrogen-bond acceptors (Lipinski definition) is 2. The molecule has 0 aromatic heterocycles. The van der Waals surface area contributed by atoms with E-state index >= 15 is 0 Å². The van der Waals surface area contributed by atoms with Crippen LogP contribution in [-0.4, -0.2) is 57.7 Å². The first-order chi connectivity index (χ1) is 14.0. The van der Waals surface area contributed by atoms with E-state index in [0.717, 1.165) is 35.8 Å². The van der Waals surface area contributed by atoms with Crippen molar-refractivity contribution < 1.29 is 23.7 Å². The molecule has 0 spiro atoms. The summed E-state index contributed by atoms with van der Waals surface area (Å²) in [5.74, 6) is 0.732. The minimum absolute atomic E-state index is 0.161. The largest absolute Gasteiger partial charge is 0.497 e. The van der Waals surface area contributed by atoms with Crippen molar-refractivity contribution in [2.45, 2.75) is 13.1 Å². The number of hydrogen-bond donors (Lipinski definition) is 2. The highest BCUT2D eigenvalue weighted by Crippen LogP contribution is 2.17. The molecule has 29 heavy (non-hydrogen) atoms. The van der Waals surface area contributed by atoms with Crippen LogP contribution in [0.4, 0.5) is 4.39 Å². The number of likely N-dealkylation sites (N-methyl/N-ethyl adjacent to an activating group) is 1. The second kappa shape index (κ2) is 10.1. The fourth-order valence-electron chi connectivity index (χ4n) is 3.76. The number of carbonyl (C=O) groups is 1. The van der Waals surface area contributed by atoms with Gasteiger partial charge < -0.3 is 19.4 Å². The van der Waals surface area contributed by atoms with Crippen LogP contribution in [0.2, 0.25) is 5.02 Å². The number of nitrogens with zero attached hydrogens (tertiary/aromatic N) is 1. The van der Waals surface area contributed by atoms with Crippen LogP contribution in [0.25, 0.3) is 0 Å². The third-order valence-electron chi connectivity index (χ3n) is 5.40. The maximum Gasteiger partial charge on any atom is 0.278 e. The van der Waals surface area contributed by atoms with Gasteiger partial charge in [-0.25, -0.2) is 4.39 Å². The Labute approximate surface area is 176 Å². The Bertz CT molecular complexity index is 820. The number of quaternary nitrogens is 2. The maximum absolute atomic E-state index is 14.0. The van der Waals surface area contributed by atoms with Gasteiger partial charge in [0, 0.05) is 5.56 Å². The van der Waals surface area contributed by atoms with Gasteiger partial charge in [0.2, 0.25) is 0 Å². The van der Waals surface area contributed by atoms with Crippen molar-refractivity contribution in [3.05, 3.63) is 64.4 Å². The molecular formula is C22H29ClFN3O2+2. The Hall–Kier alpha value is -2.15. The Balaban J connectivity index is 1.47. The third kappa shape index (κ3) is 5.92. The predicted octanol–water partition coefficient (Wildman–Crippen LogP) is 0.430. The number of methoxy groups -OCH3 is 1. The molecule has 1 atom stereocenters. The Morgan fingerprint density at radius 3 is 2.66 bits per heavy atom. The Morgan fingerprint density at radius 2 is 1.97 bits per heavy atom. The van der Waals surface area contributed by atoms with Gasteiger partial charge >= 0.3 is 0 Å². The number of benzene rings is 2. The van der Waals surface area contributed by atoms with Crippen LogP contribution in [-0.2, 0) is 17.9 Å². The van der Waals surface area contributed by atoms with E-state index in [0.29, 0.717) is 36.8 Å². The van der Waals surface area contributed by atoms with E-state index in [-0.39, 0.29) is 11.7 Å². The molecule has 1 fully saturated rings. The van der Waals surface area contributed by atoms with Gasteiger partial charge in [-0.1, -0.05) is 29.8 Å². The van der Waals surface area contributed by atoms with Crippen molar-refractivity contribution >= 4 is 17.5 Å². The quantitative estimate of drug-likeness (QED) is 0.680. The molecule has 1 unspecified atom stereocenters. The summed E-state index contributed by atoms with van der Waals surface area (Å²) in [6, 6.07) is 12.7. The number of carbonyl (C=O) groups excluding carboxylic acids is 1. The van der Waals surface area contributed by atoms with Crippen molar-refractivity contribution in [2.24, 2.45) is 0 Å². The zero-order valence-corrected chi connectivity index (χ0v) is 17.8. The standard InChI is InChI=1S/C22H27ClFN3O2/c1-25(14-17-5-3-6-18(13-17)29-2)16-22(28)27-11-9-26(10-12-27)15-19-20(23)7-4-8-21(19)24/h3-8,13H,9-12,14-16H2,1-2H3/p+2. The number of halogens is 2. The lowest BCUT2D eigenvalue weighted by Crippen LogP contribution is -3.14. The molecule has 1 saturated heterocycles. The van der Waals surface area contributed by atoms with Gasteiger partial charge in [-0.3, -0.25) is 4.79 Å². The number of nitrogens with one attached hydrogen (secondary N) is 2. The van der Waals surface area contributed by atoms with Gasteiger partial charge in [0.25, 0.3) is 5.91 Å². The first-order valence-corrected chi connectivity index (χ1v) is 10.3. The van der Waals surface area contributed by atoms with Crippen molar-refractivity contribution in [2.75, 3.05) is 46.9 Å². The Morgan fingerprint density at radius 1 is 1.24 bits per heavy atom. The molecule has 2 aromatic rings. The van der Waals surface area contributed by atoms with E-state index in [1.807, 2.05) is 36.2 Å². The van der Waals surface area contributed by atoms with Crippen LogP contribution in [0.15, 0.2) is 42.5 Å². The molecule has 7 heteroatoms. The summed E-state index contributed by atoms with van der Waals surface area (Å²) in [5.41, 5.74) is 1.71. The van der Waals surface area contributed by atoms with Gasteiger partial charge in [0.15, 0.2) is 6.54 Å². The summed E-state index contributed by atoms with van der Waals surface area (Å²) in [4.78, 5) is 17.0. The summed E-state index contributed by atoms with van der Waals surface area (Å²) in [6.07, 6.45) is 0. The highest BCUT2D eigenvalue weighted by atomic mass is 35.5. The number of rotatable bonds is 7. The maximum atomic E-state index is 14.0. The van der Waals surface area contributed by atoms with Crippen molar-refractivity contribution in [3.63, 3.8) is 0 Å².